The molecule has 1 aromatic heterocycles. The predicted molar refractivity (Wildman–Crippen MR) is 99.8 cm³/mol. The van der Waals surface area contributed by atoms with Crippen molar-refractivity contribution in [1.82, 2.24) is 10.2 Å². The van der Waals surface area contributed by atoms with Crippen LogP contribution in [0.2, 0.25) is 0 Å². The molecule has 1 heterocycles. The first-order valence-corrected chi connectivity index (χ1v) is 9.11. The van der Waals surface area contributed by atoms with E-state index in [1.165, 1.54) is 11.1 Å². The summed E-state index contributed by atoms with van der Waals surface area (Å²) in [6, 6.07) is 13.9. The van der Waals surface area contributed by atoms with Gasteiger partial charge in [-0.2, -0.15) is 0 Å². The number of nitrogens with zero attached hydrogens (tertiary/aromatic N) is 2. The second-order valence-electron chi connectivity index (χ2n) is 5.79. The third kappa shape index (κ3) is 4.28. The standard InChI is InChI=1S/C19H19N3O2S/c1-12-7-8-14(9-13(12)2)10-17(23)20-19-22-21-18(24-19)15-5-4-6-16(11-15)25-3/h4-9,11H,10H2,1-3H3,(H,20,22,23). The minimum atomic E-state index is -0.184. The molecule has 0 spiro atoms. The summed E-state index contributed by atoms with van der Waals surface area (Å²) < 4.78 is 5.56. The number of aromatic nitrogens is 2. The first kappa shape index (κ1) is 17.2. The minimum absolute atomic E-state index is 0.110. The van der Waals surface area contributed by atoms with E-state index in [0.717, 1.165) is 16.0 Å². The van der Waals surface area contributed by atoms with Gasteiger partial charge in [0.25, 0.3) is 0 Å². The maximum absolute atomic E-state index is 12.2. The second kappa shape index (κ2) is 7.53. The van der Waals surface area contributed by atoms with Crippen LogP contribution in [0, 0.1) is 13.8 Å². The molecule has 0 saturated heterocycles. The number of hydrogen-bond donors (Lipinski definition) is 1. The Kier molecular flexibility index (Phi) is 5.19. The number of thioether (sulfide) groups is 1. The monoisotopic (exact) mass is 353 g/mol. The Bertz CT molecular complexity index is 905. The molecule has 128 valence electrons. The number of hydrogen-bond acceptors (Lipinski definition) is 5. The summed E-state index contributed by atoms with van der Waals surface area (Å²) in [6.45, 7) is 4.08. The summed E-state index contributed by atoms with van der Waals surface area (Å²) in [4.78, 5) is 13.3. The molecule has 0 radical (unpaired) electrons. The summed E-state index contributed by atoms with van der Waals surface area (Å²) in [5, 5.41) is 10.6. The molecule has 0 unspecified atom stereocenters. The third-order valence-electron chi connectivity index (χ3n) is 3.92. The molecule has 0 saturated carbocycles. The first-order chi connectivity index (χ1) is 12.0. The fourth-order valence-electron chi connectivity index (χ4n) is 2.41. The lowest BCUT2D eigenvalue weighted by molar-refractivity contribution is -0.115. The number of carbonyl (C=O) groups excluding carboxylic acids is 1. The van der Waals surface area contributed by atoms with Gasteiger partial charge in [-0.25, -0.2) is 0 Å². The van der Waals surface area contributed by atoms with Gasteiger partial charge in [0, 0.05) is 10.5 Å². The molecule has 0 aliphatic heterocycles. The highest BCUT2D eigenvalue weighted by atomic mass is 32.2. The van der Waals surface area contributed by atoms with Crippen LogP contribution in [0.25, 0.3) is 11.5 Å². The van der Waals surface area contributed by atoms with Gasteiger partial charge in [-0.1, -0.05) is 29.4 Å². The second-order valence-corrected chi connectivity index (χ2v) is 6.67. The molecule has 2 aromatic carbocycles. The van der Waals surface area contributed by atoms with Crippen molar-refractivity contribution in [3.05, 3.63) is 59.2 Å². The zero-order chi connectivity index (χ0) is 17.8. The van der Waals surface area contributed by atoms with Crippen LogP contribution >= 0.6 is 11.8 Å². The Labute approximate surface area is 150 Å². The lowest BCUT2D eigenvalue weighted by atomic mass is 10.0. The lowest BCUT2D eigenvalue weighted by Crippen LogP contribution is -2.14. The smallest absolute Gasteiger partial charge is 0.322 e. The average molecular weight is 353 g/mol. The Balaban J connectivity index is 1.68. The van der Waals surface area contributed by atoms with Crippen LogP contribution in [0.5, 0.6) is 0 Å². The number of nitrogens with one attached hydrogen (secondary N) is 1. The molecule has 0 aliphatic rings. The highest BCUT2D eigenvalue weighted by Crippen LogP contribution is 2.24. The topological polar surface area (TPSA) is 68.0 Å². The van der Waals surface area contributed by atoms with E-state index in [1.807, 2.05) is 62.6 Å². The fraction of sp³-hybridized carbons (Fsp3) is 0.211. The number of rotatable bonds is 5. The molecule has 1 N–H and O–H groups in total. The number of aryl methyl sites for hydroxylation is 2. The fourth-order valence-corrected chi connectivity index (χ4v) is 2.87. The third-order valence-corrected chi connectivity index (χ3v) is 4.65. The molecule has 6 heteroatoms. The molecule has 0 bridgehead atoms. The summed E-state index contributed by atoms with van der Waals surface area (Å²) in [6.07, 6.45) is 2.27. The van der Waals surface area contributed by atoms with Gasteiger partial charge in [-0.15, -0.1) is 16.9 Å². The Morgan fingerprint density at radius 3 is 2.72 bits per heavy atom. The van der Waals surface area contributed by atoms with Crippen LogP contribution in [0.1, 0.15) is 16.7 Å². The minimum Gasteiger partial charge on any atom is -0.403 e. The molecule has 0 aliphatic carbocycles. The van der Waals surface area contributed by atoms with Crippen LogP contribution in [0.15, 0.2) is 51.8 Å². The first-order valence-electron chi connectivity index (χ1n) is 7.89. The predicted octanol–water partition coefficient (Wildman–Crippen LogP) is 4.26. The molecular formula is C19H19N3O2S. The Morgan fingerprint density at radius 1 is 1.12 bits per heavy atom. The average Bonchev–Trinajstić information content (AvgIpc) is 3.06. The van der Waals surface area contributed by atoms with E-state index >= 15 is 0 Å². The largest absolute Gasteiger partial charge is 0.403 e. The van der Waals surface area contributed by atoms with E-state index in [1.54, 1.807) is 11.8 Å². The summed E-state index contributed by atoms with van der Waals surface area (Å²) in [5.74, 6) is 0.202. The molecule has 0 fully saturated rings. The van der Waals surface area contributed by atoms with Gasteiger partial charge in [-0.05, 0) is 55.0 Å². The van der Waals surface area contributed by atoms with E-state index in [9.17, 15) is 4.79 Å². The van der Waals surface area contributed by atoms with Gasteiger partial charge < -0.3 is 4.42 Å². The molecule has 25 heavy (non-hydrogen) atoms. The maximum atomic E-state index is 12.2. The van der Waals surface area contributed by atoms with Gasteiger partial charge in [0.05, 0.1) is 6.42 Å². The van der Waals surface area contributed by atoms with Gasteiger partial charge in [-0.3, -0.25) is 10.1 Å². The summed E-state index contributed by atoms with van der Waals surface area (Å²) >= 11 is 1.64. The van der Waals surface area contributed by atoms with Crippen molar-refractivity contribution in [2.45, 2.75) is 25.2 Å². The van der Waals surface area contributed by atoms with Gasteiger partial charge in [0.1, 0.15) is 0 Å². The molecule has 3 aromatic rings. The van der Waals surface area contributed by atoms with Crippen molar-refractivity contribution in [3.8, 4) is 11.5 Å². The van der Waals surface area contributed by atoms with E-state index in [2.05, 4.69) is 15.5 Å². The molecule has 5 nitrogen and oxygen atoms in total. The quantitative estimate of drug-likeness (QED) is 0.694. The summed E-state index contributed by atoms with van der Waals surface area (Å²) in [7, 11) is 0. The lowest BCUT2D eigenvalue weighted by Gasteiger charge is -2.04. The SMILES string of the molecule is CSc1cccc(-c2nnc(NC(=O)Cc3ccc(C)c(C)c3)o2)c1. The highest BCUT2D eigenvalue weighted by molar-refractivity contribution is 7.98. The van der Waals surface area contributed by atoms with Crippen molar-refractivity contribution in [2.24, 2.45) is 0 Å². The van der Waals surface area contributed by atoms with Crippen molar-refractivity contribution in [2.75, 3.05) is 11.6 Å². The van der Waals surface area contributed by atoms with E-state index in [0.29, 0.717) is 5.89 Å². The zero-order valence-electron chi connectivity index (χ0n) is 14.4. The van der Waals surface area contributed by atoms with Crippen molar-refractivity contribution in [3.63, 3.8) is 0 Å². The Morgan fingerprint density at radius 2 is 1.96 bits per heavy atom. The molecule has 3 rings (SSSR count). The Hall–Kier alpha value is -2.60. The van der Waals surface area contributed by atoms with E-state index < -0.39 is 0 Å². The molecule has 0 atom stereocenters. The molecular weight excluding hydrogens is 334 g/mol. The van der Waals surface area contributed by atoms with E-state index in [4.69, 9.17) is 4.42 Å². The van der Waals surface area contributed by atoms with Crippen molar-refractivity contribution >= 4 is 23.7 Å². The van der Waals surface area contributed by atoms with Gasteiger partial charge >= 0.3 is 6.01 Å². The van der Waals surface area contributed by atoms with Crippen molar-refractivity contribution < 1.29 is 9.21 Å². The van der Waals surface area contributed by atoms with E-state index in [-0.39, 0.29) is 18.3 Å². The number of benzene rings is 2. The normalized spacial score (nSPS) is 10.7. The highest BCUT2D eigenvalue weighted by Gasteiger charge is 2.12. The molecule has 1 amide bonds. The van der Waals surface area contributed by atoms with Crippen LogP contribution in [0.3, 0.4) is 0 Å². The van der Waals surface area contributed by atoms with Crippen LogP contribution in [-0.4, -0.2) is 22.4 Å². The number of anilines is 1. The van der Waals surface area contributed by atoms with Crippen LogP contribution < -0.4 is 5.32 Å². The van der Waals surface area contributed by atoms with Crippen LogP contribution in [-0.2, 0) is 11.2 Å². The number of amides is 1. The summed E-state index contributed by atoms with van der Waals surface area (Å²) in [5.41, 5.74) is 4.15. The zero-order valence-corrected chi connectivity index (χ0v) is 15.2. The number of carbonyl (C=O) groups is 1. The van der Waals surface area contributed by atoms with Gasteiger partial charge in [0.2, 0.25) is 11.8 Å². The van der Waals surface area contributed by atoms with Gasteiger partial charge in [0.15, 0.2) is 0 Å². The van der Waals surface area contributed by atoms with Crippen LogP contribution in [0.4, 0.5) is 6.01 Å². The maximum Gasteiger partial charge on any atom is 0.322 e. The van der Waals surface area contributed by atoms with Crippen molar-refractivity contribution in [1.29, 1.82) is 0 Å².